The number of nitrogens with zero attached hydrogens (tertiary/aromatic N) is 1. The van der Waals surface area contributed by atoms with Crippen LogP contribution in [0.5, 0.6) is 0 Å². The second-order valence-electron chi connectivity index (χ2n) is 6.51. The minimum Gasteiger partial charge on any atom is -0.326 e. The Hall–Kier alpha value is -3.62. The van der Waals surface area contributed by atoms with E-state index in [0.29, 0.717) is 5.56 Å². The topological polar surface area (TPSA) is 121 Å². The molecular weight excluding hydrogens is 362 g/mol. The third kappa shape index (κ3) is 4.03. The fraction of sp³-hybridized carbons (Fsp3) is 0.263. The van der Waals surface area contributed by atoms with Gasteiger partial charge in [0.15, 0.2) is 0 Å². The second-order valence-corrected chi connectivity index (χ2v) is 6.51. The van der Waals surface area contributed by atoms with Crippen LogP contribution in [0.15, 0.2) is 36.4 Å². The fourth-order valence-electron chi connectivity index (χ4n) is 3.16. The highest BCUT2D eigenvalue weighted by molar-refractivity contribution is 6.04. The monoisotopic (exact) mass is 383 g/mol. The molecule has 3 rings (SSSR count). The number of urea groups is 1. The van der Waals surface area contributed by atoms with E-state index in [1.165, 1.54) is 0 Å². The van der Waals surface area contributed by atoms with Crippen LogP contribution < -0.4 is 21.5 Å². The van der Waals surface area contributed by atoms with Gasteiger partial charge in [-0.05, 0) is 38.5 Å². The highest BCUT2D eigenvalue weighted by Gasteiger charge is 2.29. The maximum atomic E-state index is 12.5. The molecule has 1 fully saturated rings. The standard InChI is InChI=1S/C19H21N5O4/c1-11-10-14(12(2)24(11)13-6-4-3-5-7-13)17(26)23-22-16(25)9-8-15-18(27)21-19(28)20-15/h3-7,10,15H,8-9H2,1-2H3,(H,22,25)(H,23,26)(H2,20,21,27,28)/t15-/m0/s1. The maximum Gasteiger partial charge on any atom is 0.322 e. The summed E-state index contributed by atoms with van der Waals surface area (Å²) in [6.45, 7) is 3.73. The summed E-state index contributed by atoms with van der Waals surface area (Å²) in [6.07, 6.45) is 0.115. The summed E-state index contributed by atoms with van der Waals surface area (Å²) < 4.78 is 1.96. The van der Waals surface area contributed by atoms with Crippen LogP contribution in [0.1, 0.15) is 34.6 Å². The van der Waals surface area contributed by atoms with Crippen LogP contribution >= 0.6 is 0 Å². The maximum absolute atomic E-state index is 12.5. The van der Waals surface area contributed by atoms with Gasteiger partial charge in [-0.25, -0.2) is 4.79 Å². The largest absolute Gasteiger partial charge is 0.326 e. The van der Waals surface area contributed by atoms with Gasteiger partial charge in [0.05, 0.1) is 5.56 Å². The van der Waals surface area contributed by atoms with Gasteiger partial charge in [-0.3, -0.25) is 30.6 Å². The first-order valence-corrected chi connectivity index (χ1v) is 8.81. The minimum atomic E-state index is -0.737. The summed E-state index contributed by atoms with van der Waals surface area (Å²) in [5, 5.41) is 4.51. The lowest BCUT2D eigenvalue weighted by atomic mass is 10.1. The molecule has 1 aliphatic heterocycles. The van der Waals surface area contributed by atoms with Crippen LogP contribution in [0.25, 0.3) is 5.69 Å². The second kappa shape index (κ2) is 7.95. The molecule has 1 aliphatic rings. The summed E-state index contributed by atoms with van der Waals surface area (Å²) in [5.74, 6) is -1.36. The number of hydrogen-bond acceptors (Lipinski definition) is 4. The highest BCUT2D eigenvalue weighted by Crippen LogP contribution is 2.20. The Bertz CT molecular complexity index is 935. The van der Waals surface area contributed by atoms with Gasteiger partial charge in [-0.15, -0.1) is 0 Å². The van der Waals surface area contributed by atoms with E-state index in [4.69, 9.17) is 0 Å². The Morgan fingerprint density at radius 1 is 1.11 bits per heavy atom. The number of carbonyl (C=O) groups is 4. The van der Waals surface area contributed by atoms with Gasteiger partial charge in [-0.2, -0.15) is 0 Å². The van der Waals surface area contributed by atoms with E-state index in [1.54, 1.807) is 6.07 Å². The van der Waals surface area contributed by atoms with Crippen LogP contribution in [-0.4, -0.2) is 34.4 Å². The molecule has 1 saturated heterocycles. The highest BCUT2D eigenvalue weighted by atomic mass is 16.2. The van der Waals surface area contributed by atoms with Crippen molar-refractivity contribution in [2.45, 2.75) is 32.7 Å². The number of hydrazine groups is 1. The zero-order valence-electron chi connectivity index (χ0n) is 15.5. The average molecular weight is 383 g/mol. The van der Waals surface area contributed by atoms with E-state index in [9.17, 15) is 19.2 Å². The predicted molar refractivity (Wildman–Crippen MR) is 101 cm³/mol. The Balaban J connectivity index is 1.57. The molecule has 0 radical (unpaired) electrons. The molecular formula is C19H21N5O4. The molecule has 0 saturated carbocycles. The van der Waals surface area contributed by atoms with E-state index < -0.39 is 29.8 Å². The van der Waals surface area contributed by atoms with E-state index >= 15 is 0 Å². The minimum absolute atomic E-state index is 0.0261. The molecule has 0 spiro atoms. The first kappa shape index (κ1) is 19.2. The summed E-state index contributed by atoms with van der Waals surface area (Å²) in [5.41, 5.74) is 7.75. The number of nitrogens with one attached hydrogen (secondary N) is 4. The summed E-state index contributed by atoms with van der Waals surface area (Å²) in [7, 11) is 0. The predicted octanol–water partition coefficient (Wildman–Crippen LogP) is 0.843. The molecule has 5 amide bonds. The molecule has 4 N–H and O–H groups in total. The Morgan fingerprint density at radius 3 is 2.46 bits per heavy atom. The Labute approximate surface area is 161 Å². The SMILES string of the molecule is Cc1cc(C(=O)NNC(=O)CC[C@@H]2NC(=O)NC2=O)c(C)n1-c1ccccc1. The van der Waals surface area contributed by atoms with E-state index in [2.05, 4.69) is 21.5 Å². The Kier molecular flexibility index (Phi) is 5.44. The fourth-order valence-corrected chi connectivity index (χ4v) is 3.16. The van der Waals surface area contributed by atoms with Crippen molar-refractivity contribution in [3.05, 3.63) is 53.3 Å². The molecule has 9 heteroatoms. The van der Waals surface area contributed by atoms with Crippen molar-refractivity contribution in [3.8, 4) is 5.69 Å². The first-order chi connectivity index (χ1) is 13.4. The zero-order chi connectivity index (χ0) is 20.3. The zero-order valence-corrected chi connectivity index (χ0v) is 15.5. The number of rotatable bonds is 5. The van der Waals surface area contributed by atoms with Crippen LogP contribution in [0.2, 0.25) is 0 Å². The number of aromatic nitrogens is 1. The van der Waals surface area contributed by atoms with Gasteiger partial charge in [0.1, 0.15) is 6.04 Å². The number of amides is 5. The number of para-hydroxylation sites is 1. The molecule has 1 aromatic heterocycles. The molecule has 1 aromatic carbocycles. The quantitative estimate of drug-likeness (QED) is 0.452. The summed E-state index contributed by atoms with van der Waals surface area (Å²) >= 11 is 0. The lowest BCUT2D eigenvalue weighted by Gasteiger charge is -2.11. The molecule has 9 nitrogen and oxygen atoms in total. The smallest absolute Gasteiger partial charge is 0.322 e. The molecule has 2 aromatic rings. The molecule has 0 aliphatic carbocycles. The van der Waals surface area contributed by atoms with Gasteiger partial charge in [-0.1, -0.05) is 18.2 Å². The first-order valence-electron chi connectivity index (χ1n) is 8.81. The third-order valence-corrected chi connectivity index (χ3v) is 4.52. The van der Waals surface area contributed by atoms with Crippen LogP contribution in [0.4, 0.5) is 4.79 Å². The number of benzene rings is 1. The third-order valence-electron chi connectivity index (χ3n) is 4.52. The van der Waals surface area contributed by atoms with Crippen LogP contribution in [-0.2, 0) is 9.59 Å². The van der Waals surface area contributed by atoms with Gasteiger partial charge in [0.2, 0.25) is 5.91 Å². The van der Waals surface area contributed by atoms with E-state index in [1.807, 2.05) is 48.7 Å². The van der Waals surface area contributed by atoms with Gasteiger partial charge in [0.25, 0.3) is 11.8 Å². The molecule has 146 valence electrons. The summed E-state index contributed by atoms with van der Waals surface area (Å²) in [4.78, 5) is 46.9. The molecule has 0 unspecified atom stereocenters. The van der Waals surface area contributed by atoms with Gasteiger partial charge in [0, 0.05) is 23.5 Å². The molecule has 1 atom stereocenters. The van der Waals surface area contributed by atoms with Crippen molar-refractivity contribution >= 4 is 23.8 Å². The normalized spacial score (nSPS) is 15.7. The van der Waals surface area contributed by atoms with Crippen molar-refractivity contribution in [2.24, 2.45) is 0 Å². The van der Waals surface area contributed by atoms with Crippen molar-refractivity contribution in [1.82, 2.24) is 26.1 Å². The molecule has 2 heterocycles. The lowest BCUT2D eigenvalue weighted by Crippen LogP contribution is -2.42. The van der Waals surface area contributed by atoms with Crippen LogP contribution in [0, 0.1) is 13.8 Å². The van der Waals surface area contributed by atoms with E-state index in [-0.39, 0.29) is 12.8 Å². The number of aryl methyl sites for hydroxylation is 1. The van der Waals surface area contributed by atoms with Gasteiger partial charge < -0.3 is 9.88 Å². The number of imide groups is 1. The lowest BCUT2D eigenvalue weighted by molar-refractivity contribution is -0.122. The van der Waals surface area contributed by atoms with Crippen molar-refractivity contribution in [2.75, 3.05) is 0 Å². The number of hydrogen-bond donors (Lipinski definition) is 4. The number of carbonyl (C=O) groups excluding carboxylic acids is 4. The van der Waals surface area contributed by atoms with Crippen molar-refractivity contribution < 1.29 is 19.2 Å². The van der Waals surface area contributed by atoms with Crippen LogP contribution in [0.3, 0.4) is 0 Å². The Morgan fingerprint density at radius 2 is 1.82 bits per heavy atom. The molecule has 0 bridgehead atoms. The van der Waals surface area contributed by atoms with E-state index in [0.717, 1.165) is 17.1 Å². The van der Waals surface area contributed by atoms with Crippen molar-refractivity contribution in [1.29, 1.82) is 0 Å². The molecule has 28 heavy (non-hydrogen) atoms. The average Bonchev–Trinajstić information content (AvgIpc) is 3.16. The summed E-state index contributed by atoms with van der Waals surface area (Å²) in [6, 6.07) is 10.1. The van der Waals surface area contributed by atoms with Gasteiger partial charge >= 0.3 is 6.03 Å². The van der Waals surface area contributed by atoms with Crippen molar-refractivity contribution in [3.63, 3.8) is 0 Å².